The first-order valence-electron chi connectivity index (χ1n) is 7.70. The molecule has 1 heterocycles. The van der Waals surface area contributed by atoms with E-state index in [0.717, 1.165) is 17.7 Å². The predicted molar refractivity (Wildman–Crippen MR) is 91.1 cm³/mol. The summed E-state index contributed by atoms with van der Waals surface area (Å²) in [5.41, 5.74) is 0.187. The van der Waals surface area contributed by atoms with E-state index in [4.69, 9.17) is 0 Å². The molecule has 5 nitrogen and oxygen atoms in total. The van der Waals surface area contributed by atoms with Crippen LogP contribution in [-0.2, 0) is 18.0 Å². The average molecular weight is 374 g/mol. The minimum absolute atomic E-state index is 0.0724. The SMILES string of the molecule is COC(=O)c1ccc(-c2cc(C#N)cc3cc(C(F)(F)F)n(C)c23)cc1O. The van der Waals surface area contributed by atoms with Gasteiger partial charge < -0.3 is 14.4 Å². The van der Waals surface area contributed by atoms with Crippen LogP contribution in [0.15, 0.2) is 36.4 Å². The maximum Gasteiger partial charge on any atom is 0.431 e. The van der Waals surface area contributed by atoms with Crippen molar-refractivity contribution in [3.8, 4) is 22.9 Å². The Labute approximate surface area is 151 Å². The van der Waals surface area contributed by atoms with Gasteiger partial charge in [0, 0.05) is 18.0 Å². The summed E-state index contributed by atoms with van der Waals surface area (Å²) in [6.45, 7) is 0. The quantitative estimate of drug-likeness (QED) is 0.681. The van der Waals surface area contributed by atoms with Gasteiger partial charge in [-0.2, -0.15) is 18.4 Å². The Bertz CT molecular complexity index is 1110. The number of alkyl halides is 3. The van der Waals surface area contributed by atoms with E-state index in [9.17, 15) is 28.3 Å². The van der Waals surface area contributed by atoms with Gasteiger partial charge in [0.2, 0.25) is 0 Å². The highest BCUT2D eigenvalue weighted by Crippen LogP contribution is 2.38. The highest BCUT2D eigenvalue weighted by molar-refractivity contribution is 5.98. The van der Waals surface area contributed by atoms with Crippen LogP contribution >= 0.6 is 0 Å². The second kappa shape index (κ2) is 6.36. The molecule has 0 atom stereocenters. The number of aryl methyl sites for hydroxylation is 1. The van der Waals surface area contributed by atoms with Crippen molar-refractivity contribution in [1.29, 1.82) is 5.26 Å². The number of esters is 1. The van der Waals surface area contributed by atoms with Crippen molar-refractivity contribution in [1.82, 2.24) is 4.57 Å². The lowest BCUT2D eigenvalue weighted by molar-refractivity contribution is -0.142. The van der Waals surface area contributed by atoms with Gasteiger partial charge in [0.25, 0.3) is 0 Å². The lowest BCUT2D eigenvalue weighted by Crippen LogP contribution is -2.10. The number of nitrogens with zero attached hydrogens (tertiary/aromatic N) is 2. The number of benzene rings is 2. The monoisotopic (exact) mass is 374 g/mol. The Hall–Kier alpha value is -3.47. The van der Waals surface area contributed by atoms with E-state index in [2.05, 4.69) is 4.74 Å². The first-order chi connectivity index (χ1) is 12.7. The molecule has 27 heavy (non-hydrogen) atoms. The lowest BCUT2D eigenvalue weighted by atomic mass is 9.98. The van der Waals surface area contributed by atoms with Crippen LogP contribution in [0.25, 0.3) is 22.0 Å². The van der Waals surface area contributed by atoms with Crippen LogP contribution in [0.3, 0.4) is 0 Å². The Balaban J connectivity index is 2.31. The van der Waals surface area contributed by atoms with Gasteiger partial charge in [-0.05, 0) is 35.9 Å². The predicted octanol–water partition coefficient (Wildman–Crippen LogP) is 4.23. The Morgan fingerprint density at radius 2 is 1.93 bits per heavy atom. The highest BCUT2D eigenvalue weighted by Gasteiger charge is 2.35. The van der Waals surface area contributed by atoms with E-state index in [1.165, 1.54) is 37.4 Å². The number of carbonyl (C=O) groups is 1. The normalized spacial score (nSPS) is 11.4. The van der Waals surface area contributed by atoms with Gasteiger partial charge in [0.1, 0.15) is 17.0 Å². The Morgan fingerprint density at radius 1 is 1.22 bits per heavy atom. The molecule has 0 amide bonds. The molecule has 2 aromatic carbocycles. The van der Waals surface area contributed by atoms with Gasteiger partial charge in [-0.1, -0.05) is 6.07 Å². The van der Waals surface area contributed by atoms with Gasteiger partial charge in [0.05, 0.1) is 24.3 Å². The molecule has 0 aliphatic rings. The van der Waals surface area contributed by atoms with E-state index in [1.807, 2.05) is 6.07 Å². The zero-order chi connectivity index (χ0) is 19.9. The van der Waals surface area contributed by atoms with Crippen LogP contribution in [0, 0.1) is 11.3 Å². The van der Waals surface area contributed by atoms with E-state index in [1.54, 1.807) is 0 Å². The van der Waals surface area contributed by atoms with Gasteiger partial charge >= 0.3 is 12.1 Å². The zero-order valence-electron chi connectivity index (χ0n) is 14.3. The summed E-state index contributed by atoms with van der Waals surface area (Å²) < 4.78 is 45.4. The van der Waals surface area contributed by atoms with E-state index in [0.29, 0.717) is 11.1 Å². The van der Waals surface area contributed by atoms with Crippen molar-refractivity contribution in [2.75, 3.05) is 7.11 Å². The number of fused-ring (bicyclic) bond motifs is 1. The largest absolute Gasteiger partial charge is 0.507 e. The topological polar surface area (TPSA) is 75.2 Å². The summed E-state index contributed by atoms with van der Waals surface area (Å²) in [6.07, 6.45) is -4.56. The van der Waals surface area contributed by atoms with Crippen molar-refractivity contribution in [2.24, 2.45) is 7.05 Å². The van der Waals surface area contributed by atoms with Crippen molar-refractivity contribution >= 4 is 16.9 Å². The molecule has 0 unspecified atom stereocenters. The molecule has 1 aromatic heterocycles. The second-order valence-electron chi connectivity index (χ2n) is 5.88. The summed E-state index contributed by atoms with van der Waals surface area (Å²) in [5, 5.41) is 19.6. The molecular weight excluding hydrogens is 361 g/mol. The van der Waals surface area contributed by atoms with Crippen LogP contribution < -0.4 is 0 Å². The number of nitriles is 1. The standard InChI is InChI=1S/C19H13F3N2O3/c1-24-16(19(20,21)22)8-12-5-10(9-23)6-14(17(12)24)11-3-4-13(15(25)7-11)18(26)27-2/h3-8,25H,1-2H3. The average Bonchev–Trinajstić information content (AvgIpc) is 2.97. The first kappa shape index (κ1) is 18.3. The number of hydrogen-bond donors (Lipinski definition) is 1. The van der Waals surface area contributed by atoms with Gasteiger partial charge in [-0.25, -0.2) is 4.79 Å². The fraction of sp³-hybridized carbons (Fsp3) is 0.158. The minimum atomic E-state index is -4.56. The van der Waals surface area contributed by atoms with Crippen molar-refractivity contribution in [2.45, 2.75) is 6.18 Å². The van der Waals surface area contributed by atoms with Crippen LogP contribution in [0.4, 0.5) is 13.2 Å². The molecule has 3 aromatic rings. The van der Waals surface area contributed by atoms with Crippen LogP contribution in [-0.4, -0.2) is 22.8 Å². The third kappa shape index (κ3) is 3.08. The molecule has 0 aliphatic heterocycles. The summed E-state index contributed by atoms with van der Waals surface area (Å²) in [7, 11) is 2.45. The number of phenols is 1. The molecule has 0 fully saturated rings. The Morgan fingerprint density at radius 3 is 2.48 bits per heavy atom. The molecule has 8 heteroatoms. The van der Waals surface area contributed by atoms with Crippen LogP contribution in [0.1, 0.15) is 21.6 Å². The summed E-state index contributed by atoms with van der Waals surface area (Å²) in [6, 6.07) is 9.75. The number of ether oxygens (including phenoxy) is 1. The number of rotatable bonds is 2. The third-order valence-corrected chi connectivity index (χ3v) is 4.26. The van der Waals surface area contributed by atoms with Crippen molar-refractivity contribution in [3.63, 3.8) is 0 Å². The van der Waals surface area contributed by atoms with E-state index < -0.39 is 17.8 Å². The number of phenolic OH excluding ortho intramolecular Hbond substituents is 1. The maximum atomic E-state index is 13.3. The molecule has 0 saturated carbocycles. The van der Waals surface area contributed by atoms with Gasteiger partial charge in [-0.3, -0.25) is 0 Å². The second-order valence-corrected chi connectivity index (χ2v) is 5.88. The van der Waals surface area contributed by atoms with Gasteiger partial charge in [-0.15, -0.1) is 0 Å². The molecule has 0 bridgehead atoms. The maximum absolute atomic E-state index is 13.3. The summed E-state index contributed by atoms with van der Waals surface area (Å²) in [5.74, 6) is -1.12. The molecule has 1 N–H and O–H groups in total. The number of aromatic hydroxyl groups is 1. The van der Waals surface area contributed by atoms with Gasteiger partial charge in [0.15, 0.2) is 0 Å². The van der Waals surface area contributed by atoms with Crippen LogP contribution in [0.2, 0.25) is 0 Å². The minimum Gasteiger partial charge on any atom is -0.507 e. The number of methoxy groups -OCH3 is 1. The molecule has 0 spiro atoms. The van der Waals surface area contributed by atoms with E-state index in [-0.39, 0.29) is 27.8 Å². The smallest absolute Gasteiger partial charge is 0.431 e. The molecule has 0 radical (unpaired) electrons. The lowest BCUT2D eigenvalue weighted by Gasteiger charge is -2.12. The zero-order valence-corrected chi connectivity index (χ0v) is 14.3. The highest BCUT2D eigenvalue weighted by atomic mass is 19.4. The molecule has 3 rings (SSSR count). The third-order valence-electron chi connectivity index (χ3n) is 4.26. The molecule has 0 aliphatic carbocycles. The number of halogens is 3. The Kier molecular flexibility index (Phi) is 4.31. The molecule has 138 valence electrons. The number of aromatic nitrogens is 1. The van der Waals surface area contributed by atoms with Crippen LogP contribution in [0.5, 0.6) is 5.75 Å². The van der Waals surface area contributed by atoms with Crippen molar-refractivity contribution < 1.29 is 27.8 Å². The fourth-order valence-electron chi connectivity index (χ4n) is 3.04. The van der Waals surface area contributed by atoms with E-state index >= 15 is 0 Å². The first-order valence-corrected chi connectivity index (χ1v) is 7.70. The summed E-state index contributed by atoms with van der Waals surface area (Å²) >= 11 is 0. The number of carbonyl (C=O) groups excluding carboxylic acids is 1. The molecular formula is C19H13F3N2O3. The fourth-order valence-corrected chi connectivity index (χ4v) is 3.04. The van der Waals surface area contributed by atoms with Crippen molar-refractivity contribution in [3.05, 3.63) is 53.2 Å². The molecule has 0 saturated heterocycles. The number of hydrogen-bond acceptors (Lipinski definition) is 4. The summed E-state index contributed by atoms with van der Waals surface area (Å²) in [4.78, 5) is 11.6.